The summed E-state index contributed by atoms with van der Waals surface area (Å²) in [4.78, 5) is 24.6. The molecule has 0 bridgehead atoms. The molecule has 11 heteroatoms. The second-order valence-electron chi connectivity index (χ2n) is 9.05. The maximum Gasteiger partial charge on any atom is 0.412 e. The molecule has 1 aliphatic rings. The molecule has 1 saturated heterocycles. The van der Waals surface area contributed by atoms with Gasteiger partial charge in [-0.15, -0.1) is 0 Å². The number of carbonyl (C=O) groups is 2. The fourth-order valence-electron chi connectivity index (χ4n) is 3.75. The number of carbonyl (C=O) groups excluding carboxylic acids is 2. The lowest BCUT2D eigenvalue weighted by atomic mass is 9.98. The van der Waals surface area contributed by atoms with Crippen LogP contribution in [0.1, 0.15) is 31.9 Å². The van der Waals surface area contributed by atoms with E-state index in [1.165, 1.54) is 36.4 Å². The average molecular weight is 512 g/mol. The maximum atomic E-state index is 13.9. The van der Waals surface area contributed by atoms with Crippen molar-refractivity contribution in [2.24, 2.45) is 5.92 Å². The van der Waals surface area contributed by atoms with Crippen LogP contribution in [-0.2, 0) is 19.4 Å². The smallest absolute Gasteiger partial charge is 0.353 e. The molecule has 190 valence electrons. The molecular formula is C24H28F3N3O4S. The van der Waals surface area contributed by atoms with Crippen LogP contribution in [0.2, 0.25) is 0 Å². The summed E-state index contributed by atoms with van der Waals surface area (Å²) in [5, 5.41) is 7.49. The molecule has 3 N–H and O–H groups in total. The zero-order chi connectivity index (χ0) is 26.0. The number of alkyl halides is 3. The second kappa shape index (κ2) is 10.4. The van der Waals surface area contributed by atoms with E-state index in [-0.39, 0.29) is 28.7 Å². The number of amides is 2. The molecule has 0 saturated carbocycles. The molecule has 2 amide bonds. The lowest BCUT2D eigenvalue weighted by molar-refractivity contribution is -0.164. The molecule has 0 spiro atoms. The van der Waals surface area contributed by atoms with E-state index in [9.17, 15) is 31.2 Å². The summed E-state index contributed by atoms with van der Waals surface area (Å²) >= 11 is 0. The summed E-state index contributed by atoms with van der Waals surface area (Å²) in [5.74, 6) is -1.11. The summed E-state index contributed by atoms with van der Waals surface area (Å²) in [6.45, 7) is 3.99. The van der Waals surface area contributed by atoms with E-state index in [2.05, 4.69) is 16.0 Å². The minimum atomic E-state index is -4.75. The summed E-state index contributed by atoms with van der Waals surface area (Å²) < 4.78 is 65.0. The number of nitrogens with one attached hydrogen (secondary N) is 3. The first-order chi connectivity index (χ1) is 16.3. The van der Waals surface area contributed by atoms with E-state index >= 15 is 0 Å². The van der Waals surface area contributed by atoms with Gasteiger partial charge in [-0.2, -0.15) is 13.2 Å². The number of β-lactam (4-membered cyclic amide) rings is 1. The number of rotatable bonds is 9. The number of halogens is 3. The number of sulfone groups is 1. The summed E-state index contributed by atoms with van der Waals surface area (Å²) in [6, 6.07) is 7.75. The Kier molecular flexibility index (Phi) is 7.90. The number of hydrogen-bond donors (Lipinski definition) is 3. The van der Waals surface area contributed by atoms with E-state index < -0.39 is 40.0 Å². The Morgan fingerprint density at radius 1 is 1.06 bits per heavy atom. The minimum absolute atomic E-state index is 0.0130. The average Bonchev–Trinajstić information content (AvgIpc) is 2.77. The van der Waals surface area contributed by atoms with Crippen molar-refractivity contribution < 1.29 is 31.2 Å². The van der Waals surface area contributed by atoms with Gasteiger partial charge in [-0.05, 0) is 41.2 Å². The van der Waals surface area contributed by atoms with Crippen LogP contribution in [0.3, 0.4) is 0 Å². The lowest BCUT2D eigenvalue weighted by Gasteiger charge is -2.32. The first-order valence-corrected chi connectivity index (χ1v) is 13.0. The summed E-state index contributed by atoms with van der Waals surface area (Å²) in [5.41, 5.74) is 1.08. The topological polar surface area (TPSA) is 104 Å². The highest BCUT2D eigenvalue weighted by Gasteiger charge is 2.43. The molecule has 1 aliphatic heterocycles. The standard InChI is InChI=1S/C24H28F3N3O4S/c1-14(2)12-19(29-20-13-28-22(20)31)23(32)30-21(24(25,26)27)17-6-4-15(5-7-17)16-8-10-18(11-9-16)35(3,33)34/h4-11,14,19-21,29H,12-13H2,1-3H3,(H,28,31)(H,30,32)/t19-,20?,21-/m0/s1. The Balaban J connectivity index is 1.79. The molecule has 3 atom stereocenters. The van der Waals surface area contributed by atoms with E-state index in [0.717, 1.165) is 6.26 Å². The second-order valence-corrected chi connectivity index (χ2v) is 11.1. The van der Waals surface area contributed by atoms with Crippen molar-refractivity contribution in [3.63, 3.8) is 0 Å². The van der Waals surface area contributed by atoms with E-state index in [0.29, 0.717) is 17.7 Å². The molecule has 1 unspecified atom stereocenters. The molecule has 2 aromatic rings. The zero-order valence-electron chi connectivity index (χ0n) is 19.5. The quantitative estimate of drug-likeness (QED) is 0.449. The third kappa shape index (κ3) is 6.82. The van der Waals surface area contributed by atoms with Crippen molar-refractivity contribution in [3.05, 3.63) is 54.1 Å². The molecule has 3 rings (SSSR count). The fourth-order valence-corrected chi connectivity index (χ4v) is 4.38. The Labute approximate surface area is 202 Å². The molecular weight excluding hydrogens is 483 g/mol. The molecule has 0 aliphatic carbocycles. The van der Waals surface area contributed by atoms with Crippen molar-refractivity contribution in [2.75, 3.05) is 12.8 Å². The van der Waals surface area contributed by atoms with Crippen LogP contribution in [-0.4, -0.2) is 51.3 Å². The van der Waals surface area contributed by atoms with Crippen molar-refractivity contribution >= 4 is 21.7 Å². The maximum absolute atomic E-state index is 13.9. The number of hydrogen-bond acceptors (Lipinski definition) is 5. The highest BCUT2D eigenvalue weighted by Crippen LogP contribution is 2.34. The molecule has 0 aromatic heterocycles. The molecule has 1 heterocycles. The molecule has 2 aromatic carbocycles. The highest BCUT2D eigenvalue weighted by atomic mass is 32.2. The van der Waals surface area contributed by atoms with Crippen molar-refractivity contribution in [3.8, 4) is 11.1 Å². The predicted octanol–water partition coefficient (Wildman–Crippen LogP) is 2.98. The number of benzene rings is 2. The van der Waals surface area contributed by atoms with Gasteiger partial charge in [0, 0.05) is 12.8 Å². The van der Waals surface area contributed by atoms with Gasteiger partial charge >= 0.3 is 6.18 Å². The van der Waals surface area contributed by atoms with Crippen LogP contribution < -0.4 is 16.0 Å². The molecule has 1 fully saturated rings. The van der Waals surface area contributed by atoms with Crippen molar-refractivity contribution in [1.82, 2.24) is 16.0 Å². The van der Waals surface area contributed by atoms with Crippen LogP contribution in [0.5, 0.6) is 0 Å². The van der Waals surface area contributed by atoms with E-state index in [4.69, 9.17) is 0 Å². The van der Waals surface area contributed by atoms with Gasteiger partial charge in [0.1, 0.15) is 6.04 Å². The Morgan fingerprint density at radius 2 is 1.60 bits per heavy atom. The van der Waals surface area contributed by atoms with Gasteiger partial charge in [-0.25, -0.2) is 8.42 Å². The molecule has 7 nitrogen and oxygen atoms in total. The Morgan fingerprint density at radius 3 is 2.00 bits per heavy atom. The van der Waals surface area contributed by atoms with Crippen molar-refractivity contribution in [1.29, 1.82) is 0 Å². The van der Waals surface area contributed by atoms with Crippen LogP contribution in [0.15, 0.2) is 53.4 Å². The van der Waals surface area contributed by atoms with Crippen LogP contribution in [0.4, 0.5) is 13.2 Å². The van der Waals surface area contributed by atoms with Gasteiger partial charge in [-0.1, -0.05) is 50.2 Å². The minimum Gasteiger partial charge on any atom is -0.353 e. The van der Waals surface area contributed by atoms with Crippen LogP contribution in [0, 0.1) is 5.92 Å². The molecule has 0 radical (unpaired) electrons. The normalized spacial score (nSPS) is 17.9. The zero-order valence-corrected chi connectivity index (χ0v) is 20.3. The Bertz CT molecular complexity index is 1160. The van der Waals surface area contributed by atoms with Gasteiger partial charge in [0.2, 0.25) is 11.8 Å². The highest BCUT2D eigenvalue weighted by molar-refractivity contribution is 7.90. The first kappa shape index (κ1) is 26.7. The van der Waals surface area contributed by atoms with E-state index in [1.54, 1.807) is 12.1 Å². The van der Waals surface area contributed by atoms with Gasteiger partial charge in [-0.3, -0.25) is 14.9 Å². The first-order valence-electron chi connectivity index (χ1n) is 11.1. The predicted molar refractivity (Wildman–Crippen MR) is 125 cm³/mol. The van der Waals surface area contributed by atoms with Crippen LogP contribution >= 0.6 is 0 Å². The fraction of sp³-hybridized carbons (Fsp3) is 0.417. The third-order valence-electron chi connectivity index (χ3n) is 5.70. The van der Waals surface area contributed by atoms with Crippen molar-refractivity contribution in [2.45, 2.75) is 49.5 Å². The van der Waals surface area contributed by atoms with Crippen LogP contribution in [0.25, 0.3) is 11.1 Å². The monoisotopic (exact) mass is 511 g/mol. The Hall–Kier alpha value is -2.92. The summed E-state index contributed by atoms with van der Waals surface area (Å²) in [6.07, 6.45) is -3.39. The third-order valence-corrected chi connectivity index (χ3v) is 6.83. The van der Waals surface area contributed by atoms with Gasteiger partial charge in [0.05, 0.1) is 10.9 Å². The SMILES string of the molecule is CC(C)C[C@H](NC1CNC1=O)C(=O)N[C@@H](c1ccc(-c2ccc(S(C)(=O)=O)cc2)cc1)C(F)(F)F. The lowest BCUT2D eigenvalue weighted by Crippen LogP contribution is -2.65. The largest absolute Gasteiger partial charge is 0.412 e. The van der Waals surface area contributed by atoms with Gasteiger partial charge in [0.15, 0.2) is 15.9 Å². The molecule has 35 heavy (non-hydrogen) atoms. The van der Waals surface area contributed by atoms with Gasteiger partial charge < -0.3 is 10.6 Å². The summed E-state index contributed by atoms with van der Waals surface area (Å²) in [7, 11) is -3.36. The van der Waals surface area contributed by atoms with Gasteiger partial charge in [0.25, 0.3) is 0 Å². The van der Waals surface area contributed by atoms with E-state index in [1.807, 2.05) is 13.8 Å².